The van der Waals surface area contributed by atoms with Gasteiger partial charge in [0.05, 0.1) is 18.8 Å². The van der Waals surface area contributed by atoms with Gasteiger partial charge in [0.15, 0.2) is 0 Å². The molecule has 0 fully saturated rings. The van der Waals surface area contributed by atoms with Crippen LogP contribution < -0.4 is 5.32 Å². The van der Waals surface area contributed by atoms with Crippen LogP contribution in [0.25, 0.3) is 0 Å². The van der Waals surface area contributed by atoms with Crippen molar-refractivity contribution < 1.29 is 10.2 Å². The maximum atomic E-state index is 9.25. The molecule has 0 unspecified atom stereocenters. The molecule has 0 saturated carbocycles. The van der Waals surface area contributed by atoms with Gasteiger partial charge in [0.1, 0.15) is 0 Å². The zero-order chi connectivity index (χ0) is 9.56. The van der Waals surface area contributed by atoms with E-state index in [9.17, 15) is 5.11 Å². The number of hydrogen-bond donors (Lipinski definition) is 3. The van der Waals surface area contributed by atoms with Crippen LogP contribution in [0.3, 0.4) is 0 Å². The molecule has 0 amide bonds. The first kappa shape index (κ1) is 10.9. The molecule has 0 aromatic carbocycles. The van der Waals surface area contributed by atoms with E-state index in [0.717, 1.165) is 0 Å². The second-order valence-electron chi connectivity index (χ2n) is 2.39. The summed E-state index contributed by atoms with van der Waals surface area (Å²) in [6.45, 7) is 10.3. The Labute approximate surface area is 72.7 Å². The highest BCUT2D eigenvalue weighted by molar-refractivity contribution is 5.10. The van der Waals surface area contributed by atoms with Gasteiger partial charge in [-0.1, -0.05) is 19.2 Å². The van der Waals surface area contributed by atoms with E-state index in [1.54, 1.807) is 0 Å². The van der Waals surface area contributed by atoms with E-state index >= 15 is 0 Å². The third kappa shape index (κ3) is 3.37. The van der Waals surface area contributed by atoms with Gasteiger partial charge < -0.3 is 15.5 Å². The summed E-state index contributed by atoms with van der Waals surface area (Å²) >= 11 is 0. The van der Waals surface area contributed by atoms with Crippen molar-refractivity contribution in [2.24, 2.45) is 0 Å². The van der Waals surface area contributed by atoms with Crippen LogP contribution in [-0.4, -0.2) is 29.0 Å². The maximum Gasteiger partial charge on any atom is 0.0941 e. The van der Waals surface area contributed by atoms with Crippen molar-refractivity contribution in [1.29, 1.82) is 0 Å². The quantitative estimate of drug-likeness (QED) is 0.393. The number of rotatable bonds is 6. The van der Waals surface area contributed by atoms with E-state index in [2.05, 4.69) is 25.1 Å². The van der Waals surface area contributed by atoms with Crippen LogP contribution >= 0.6 is 0 Å². The topological polar surface area (TPSA) is 52.5 Å². The predicted molar refractivity (Wildman–Crippen MR) is 49.6 cm³/mol. The Kier molecular flexibility index (Phi) is 5.08. The monoisotopic (exact) mass is 169 g/mol. The maximum absolute atomic E-state index is 9.25. The van der Waals surface area contributed by atoms with Gasteiger partial charge in [-0.3, -0.25) is 0 Å². The van der Waals surface area contributed by atoms with Gasteiger partial charge in [0.2, 0.25) is 0 Å². The molecule has 3 N–H and O–H groups in total. The molecule has 68 valence electrons. The zero-order valence-electron chi connectivity index (χ0n) is 7.03. The minimum absolute atomic E-state index is 0.181. The SMILES string of the molecule is C=CC(=C)N[C@@H](CO)[C@H](O)C=C. The van der Waals surface area contributed by atoms with Gasteiger partial charge in [-0.2, -0.15) is 0 Å². The molecule has 0 heterocycles. The van der Waals surface area contributed by atoms with E-state index in [4.69, 9.17) is 5.11 Å². The lowest BCUT2D eigenvalue weighted by atomic mass is 10.1. The highest BCUT2D eigenvalue weighted by Crippen LogP contribution is 1.97. The van der Waals surface area contributed by atoms with Crippen molar-refractivity contribution in [2.45, 2.75) is 12.1 Å². The number of allylic oxidation sites excluding steroid dienone is 1. The van der Waals surface area contributed by atoms with Gasteiger partial charge >= 0.3 is 0 Å². The molecular formula is C9H15NO2. The lowest BCUT2D eigenvalue weighted by Crippen LogP contribution is -2.40. The van der Waals surface area contributed by atoms with Crippen molar-refractivity contribution in [1.82, 2.24) is 5.32 Å². The average Bonchev–Trinajstić information content (AvgIpc) is 2.12. The Bertz CT molecular complexity index is 177. The van der Waals surface area contributed by atoms with Crippen LogP contribution in [0.4, 0.5) is 0 Å². The summed E-state index contributed by atoms with van der Waals surface area (Å²) in [5, 5.41) is 20.9. The smallest absolute Gasteiger partial charge is 0.0941 e. The Hall–Kier alpha value is -1.06. The molecule has 0 radical (unpaired) electrons. The lowest BCUT2D eigenvalue weighted by molar-refractivity contribution is 0.130. The van der Waals surface area contributed by atoms with Crippen LogP contribution in [0.1, 0.15) is 0 Å². The first-order valence-corrected chi connectivity index (χ1v) is 3.65. The fraction of sp³-hybridized carbons (Fsp3) is 0.333. The standard InChI is InChI=1S/C9H15NO2/c1-4-7(3)10-8(6-11)9(12)5-2/h4-5,8-12H,1-3,6H2/t8-,9+/m0/s1. The first-order valence-electron chi connectivity index (χ1n) is 3.65. The molecular weight excluding hydrogens is 154 g/mol. The first-order chi connectivity index (χ1) is 5.65. The normalized spacial score (nSPS) is 14.5. The molecule has 0 rings (SSSR count). The number of aliphatic hydroxyl groups excluding tert-OH is 2. The molecule has 3 nitrogen and oxygen atoms in total. The summed E-state index contributed by atoms with van der Waals surface area (Å²) in [4.78, 5) is 0. The lowest BCUT2D eigenvalue weighted by Gasteiger charge is -2.20. The second kappa shape index (κ2) is 5.57. The van der Waals surface area contributed by atoms with Crippen LogP contribution in [-0.2, 0) is 0 Å². The molecule has 0 aromatic rings. The van der Waals surface area contributed by atoms with Crippen LogP contribution in [0.5, 0.6) is 0 Å². The molecule has 0 spiro atoms. The average molecular weight is 169 g/mol. The van der Waals surface area contributed by atoms with Crippen molar-refractivity contribution in [2.75, 3.05) is 6.61 Å². The zero-order valence-corrected chi connectivity index (χ0v) is 7.03. The van der Waals surface area contributed by atoms with Gasteiger partial charge in [-0.05, 0) is 6.08 Å². The van der Waals surface area contributed by atoms with Crippen LogP contribution in [0.2, 0.25) is 0 Å². The van der Waals surface area contributed by atoms with Crippen molar-refractivity contribution in [3.63, 3.8) is 0 Å². The Morgan fingerprint density at radius 2 is 2.08 bits per heavy atom. The van der Waals surface area contributed by atoms with E-state index in [0.29, 0.717) is 5.70 Å². The van der Waals surface area contributed by atoms with Crippen LogP contribution in [0.15, 0.2) is 37.6 Å². The Balaban J connectivity index is 4.06. The van der Waals surface area contributed by atoms with E-state index in [1.165, 1.54) is 12.2 Å². The van der Waals surface area contributed by atoms with E-state index in [1.807, 2.05) is 0 Å². The third-order valence-electron chi connectivity index (χ3n) is 1.47. The molecule has 0 aromatic heterocycles. The van der Waals surface area contributed by atoms with E-state index < -0.39 is 12.1 Å². The predicted octanol–water partition coefficient (Wildman–Crippen LogP) is 0.184. The Morgan fingerprint density at radius 3 is 2.42 bits per heavy atom. The summed E-state index contributed by atoms with van der Waals surface area (Å²) in [5.41, 5.74) is 0.565. The molecule has 3 heteroatoms. The van der Waals surface area contributed by atoms with Crippen LogP contribution in [0, 0.1) is 0 Å². The Morgan fingerprint density at radius 1 is 1.50 bits per heavy atom. The van der Waals surface area contributed by atoms with Gasteiger partial charge in [0.25, 0.3) is 0 Å². The van der Waals surface area contributed by atoms with Crippen molar-refractivity contribution in [3.8, 4) is 0 Å². The molecule has 12 heavy (non-hydrogen) atoms. The van der Waals surface area contributed by atoms with Gasteiger partial charge in [-0.15, -0.1) is 6.58 Å². The summed E-state index contributed by atoms with van der Waals surface area (Å²) in [6.07, 6.45) is 2.08. The third-order valence-corrected chi connectivity index (χ3v) is 1.47. The summed E-state index contributed by atoms with van der Waals surface area (Å²) in [6, 6.07) is -0.465. The number of hydrogen-bond acceptors (Lipinski definition) is 3. The van der Waals surface area contributed by atoms with Gasteiger partial charge in [0, 0.05) is 5.70 Å². The van der Waals surface area contributed by atoms with Gasteiger partial charge in [-0.25, -0.2) is 0 Å². The molecule has 0 bridgehead atoms. The van der Waals surface area contributed by atoms with Crippen molar-refractivity contribution >= 4 is 0 Å². The highest BCUT2D eigenvalue weighted by Gasteiger charge is 2.13. The second-order valence-corrected chi connectivity index (χ2v) is 2.39. The molecule has 0 aliphatic carbocycles. The fourth-order valence-electron chi connectivity index (χ4n) is 0.700. The fourth-order valence-corrected chi connectivity index (χ4v) is 0.700. The van der Waals surface area contributed by atoms with Crippen molar-refractivity contribution in [3.05, 3.63) is 37.6 Å². The molecule has 2 atom stereocenters. The molecule has 0 saturated heterocycles. The highest BCUT2D eigenvalue weighted by atomic mass is 16.3. The minimum atomic E-state index is -0.785. The number of nitrogens with one attached hydrogen (secondary N) is 1. The summed E-state index contributed by atoms with van der Waals surface area (Å²) < 4.78 is 0. The summed E-state index contributed by atoms with van der Waals surface area (Å²) in [7, 11) is 0. The number of aliphatic hydroxyl groups is 2. The minimum Gasteiger partial charge on any atom is -0.394 e. The molecule has 0 aliphatic rings. The van der Waals surface area contributed by atoms with E-state index in [-0.39, 0.29) is 6.61 Å². The molecule has 0 aliphatic heterocycles. The largest absolute Gasteiger partial charge is 0.394 e. The summed E-state index contributed by atoms with van der Waals surface area (Å²) in [5.74, 6) is 0.